The average Bonchev–Trinajstić information content (AvgIpc) is 3.26. The SMILES string of the molecule is C[C@H](OC(=O)c1csc(-c2cccs2)n1)C(=O)Nc1cccc(F)c1. The molecule has 25 heavy (non-hydrogen) atoms. The number of nitrogens with one attached hydrogen (secondary N) is 1. The Morgan fingerprint density at radius 3 is 2.80 bits per heavy atom. The summed E-state index contributed by atoms with van der Waals surface area (Å²) in [7, 11) is 0. The molecule has 128 valence electrons. The Labute approximate surface area is 151 Å². The Morgan fingerprint density at radius 1 is 1.24 bits per heavy atom. The maximum atomic E-state index is 13.1. The molecule has 0 spiro atoms. The van der Waals surface area contributed by atoms with Gasteiger partial charge in [-0.25, -0.2) is 14.2 Å². The second kappa shape index (κ2) is 7.54. The number of esters is 1. The monoisotopic (exact) mass is 376 g/mol. The van der Waals surface area contributed by atoms with Crippen LogP contribution in [0.15, 0.2) is 47.2 Å². The summed E-state index contributed by atoms with van der Waals surface area (Å²) in [5.41, 5.74) is 0.445. The summed E-state index contributed by atoms with van der Waals surface area (Å²) < 4.78 is 18.3. The first-order valence-corrected chi connectivity index (χ1v) is 9.05. The molecular weight excluding hydrogens is 363 g/mol. The van der Waals surface area contributed by atoms with Gasteiger partial charge in [0.2, 0.25) is 0 Å². The van der Waals surface area contributed by atoms with E-state index in [-0.39, 0.29) is 5.69 Å². The highest BCUT2D eigenvalue weighted by Gasteiger charge is 2.21. The fraction of sp³-hybridized carbons (Fsp3) is 0.118. The maximum absolute atomic E-state index is 13.1. The molecule has 0 aliphatic rings. The highest BCUT2D eigenvalue weighted by atomic mass is 32.1. The van der Waals surface area contributed by atoms with E-state index in [4.69, 9.17) is 4.74 Å². The zero-order valence-electron chi connectivity index (χ0n) is 13.1. The normalized spacial score (nSPS) is 11.8. The lowest BCUT2D eigenvalue weighted by atomic mass is 10.3. The molecule has 0 aliphatic heterocycles. The molecule has 0 bridgehead atoms. The second-order valence-electron chi connectivity index (χ2n) is 5.06. The van der Waals surface area contributed by atoms with Crippen LogP contribution in [0, 0.1) is 5.82 Å². The average molecular weight is 376 g/mol. The molecular formula is C17H13FN2O3S2. The highest BCUT2D eigenvalue weighted by Crippen LogP contribution is 2.28. The van der Waals surface area contributed by atoms with Crippen molar-refractivity contribution in [1.29, 1.82) is 0 Å². The number of hydrogen-bond acceptors (Lipinski definition) is 6. The Hall–Kier alpha value is -2.58. The summed E-state index contributed by atoms with van der Waals surface area (Å²) in [5, 5.41) is 6.73. The Morgan fingerprint density at radius 2 is 2.08 bits per heavy atom. The molecule has 0 unspecified atom stereocenters. The van der Waals surface area contributed by atoms with E-state index in [9.17, 15) is 14.0 Å². The van der Waals surface area contributed by atoms with Crippen LogP contribution in [0.25, 0.3) is 9.88 Å². The van der Waals surface area contributed by atoms with E-state index in [0.717, 1.165) is 9.88 Å². The van der Waals surface area contributed by atoms with Crippen LogP contribution in [0.3, 0.4) is 0 Å². The molecule has 1 N–H and O–H groups in total. The minimum atomic E-state index is -1.04. The minimum Gasteiger partial charge on any atom is -0.448 e. The van der Waals surface area contributed by atoms with E-state index in [1.807, 2.05) is 17.5 Å². The number of thiazole rings is 1. The summed E-state index contributed by atoms with van der Waals surface area (Å²) in [6.45, 7) is 1.44. The highest BCUT2D eigenvalue weighted by molar-refractivity contribution is 7.20. The van der Waals surface area contributed by atoms with Crippen LogP contribution >= 0.6 is 22.7 Å². The number of amides is 1. The van der Waals surface area contributed by atoms with Gasteiger partial charge >= 0.3 is 5.97 Å². The van der Waals surface area contributed by atoms with Crippen LogP contribution in [0.1, 0.15) is 17.4 Å². The van der Waals surface area contributed by atoms with Gasteiger partial charge in [0.15, 0.2) is 11.8 Å². The van der Waals surface area contributed by atoms with E-state index in [1.54, 1.807) is 11.4 Å². The third kappa shape index (κ3) is 4.28. The standard InChI is InChI=1S/C17H13FN2O3S2/c1-10(15(21)19-12-5-2-4-11(18)8-12)23-17(22)13-9-25-16(20-13)14-6-3-7-24-14/h2-10H,1H3,(H,19,21)/t10-/m0/s1. The Balaban J connectivity index is 1.61. The first-order valence-electron chi connectivity index (χ1n) is 7.30. The number of hydrogen-bond donors (Lipinski definition) is 1. The van der Waals surface area contributed by atoms with E-state index in [1.165, 1.54) is 47.8 Å². The molecule has 3 rings (SSSR count). The summed E-state index contributed by atoms with van der Waals surface area (Å²) in [6, 6.07) is 9.28. The van der Waals surface area contributed by atoms with Crippen LogP contribution in [0.4, 0.5) is 10.1 Å². The smallest absolute Gasteiger partial charge is 0.358 e. The van der Waals surface area contributed by atoms with Crippen molar-refractivity contribution in [3.63, 3.8) is 0 Å². The Kier molecular flexibility index (Phi) is 5.20. The molecule has 0 saturated carbocycles. The van der Waals surface area contributed by atoms with Crippen molar-refractivity contribution < 1.29 is 18.7 Å². The number of rotatable bonds is 5. The van der Waals surface area contributed by atoms with Gasteiger partial charge in [0.05, 0.1) is 4.88 Å². The molecule has 3 aromatic rings. The molecule has 2 heterocycles. The van der Waals surface area contributed by atoms with Gasteiger partial charge in [-0.15, -0.1) is 22.7 Å². The zero-order chi connectivity index (χ0) is 17.8. The molecule has 0 fully saturated rings. The van der Waals surface area contributed by atoms with Gasteiger partial charge in [0.1, 0.15) is 10.8 Å². The maximum Gasteiger partial charge on any atom is 0.358 e. The van der Waals surface area contributed by atoms with E-state index < -0.39 is 23.8 Å². The molecule has 0 aliphatic carbocycles. The van der Waals surface area contributed by atoms with Gasteiger partial charge in [-0.3, -0.25) is 4.79 Å². The largest absolute Gasteiger partial charge is 0.448 e. The molecule has 0 radical (unpaired) electrons. The van der Waals surface area contributed by atoms with Crippen molar-refractivity contribution in [2.75, 3.05) is 5.32 Å². The summed E-state index contributed by atoms with van der Waals surface area (Å²) >= 11 is 2.85. The van der Waals surface area contributed by atoms with Gasteiger partial charge in [0, 0.05) is 11.1 Å². The van der Waals surface area contributed by atoms with Crippen LogP contribution in [-0.2, 0) is 9.53 Å². The van der Waals surface area contributed by atoms with Gasteiger partial charge < -0.3 is 10.1 Å². The minimum absolute atomic E-state index is 0.152. The first kappa shape index (κ1) is 17.2. The van der Waals surface area contributed by atoms with Crippen LogP contribution in [0.2, 0.25) is 0 Å². The van der Waals surface area contributed by atoms with E-state index in [2.05, 4.69) is 10.3 Å². The van der Waals surface area contributed by atoms with Gasteiger partial charge in [0.25, 0.3) is 5.91 Å². The molecule has 2 aromatic heterocycles. The van der Waals surface area contributed by atoms with Crippen molar-refractivity contribution >= 4 is 40.2 Å². The van der Waals surface area contributed by atoms with Crippen molar-refractivity contribution in [1.82, 2.24) is 4.98 Å². The number of aromatic nitrogens is 1. The van der Waals surface area contributed by atoms with Crippen molar-refractivity contribution in [2.24, 2.45) is 0 Å². The zero-order valence-corrected chi connectivity index (χ0v) is 14.7. The summed E-state index contributed by atoms with van der Waals surface area (Å²) in [5.74, 6) is -1.69. The predicted molar refractivity (Wildman–Crippen MR) is 95.3 cm³/mol. The van der Waals surface area contributed by atoms with Gasteiger partial charge in [-0.05, 0) is 36.6 Å². The van der Waals surface area contributed by atoms with Crippen LogP contribution < -0.4 is 5.32 Å². The van der Waals surface area contributed by atoms with Crippen LogP contribution in [0.5, 0.6) is 0 Å². The van der Waals surface area contributed by atoms with Crippen molar-refractivity contribution in [3.05, 3.63) is 58.7 Å². The molecule has 8 heteroatoms. The van der Waals surface area contributed by atoms with E-state index in [0.29, 0.717) is 5.69 Å². The third-order valence-electron chi connectivity index (χ3n) is 3.19. The molecule has 1 aromatic carbocycles. The first-order chi connectivity index (χ1) is 12.0. The number of anilines is 1. The van der Waals surface area contributed by atoms with E-state index >= 15 is 0 Å². The summed E-state index contributed by atoms with van der Waals surface area (Å²) in [6.07, 6.45) is -1.04. The molecule has 5 nitrogen and oxygen atoms in total. The fourth-order valence-electron chi connectivity index (χ4n) is 1.97. The topological polar surface area (TPSA) is 68.3 Å². The van der Waals surface area contributed by atoms with Gasteiger partial charge in [-0.2, -0.15) is 0 Å². The molecule has 0 saturated heterocycles. The van der Waals surface area contributed by atoms with Gasteiger partial charge in [-0.1, -0.05) is 12.1 Å². The van der Waals surface area contributed by atoms with Crippen LogP contribution in [-0.4, -0.2) is 23.0 Å². The second-order valence-corrected chi connectivity index (χ2v) is 6.87. The number of thiophene rings is 1. The lowest BCUT2D eigenvalue weighted by molar-refractivity contribution is -0.123. The lowest BCUT2D eigenvalue weighted by Crippen LogP contribution is -2.30. The Bertz CT molecular complexity index is 893. The third-order valence-corrected chi connectivity index (χ3v) is 5.07. The summed E-state index contributed by atoms with van der Waals surface area (Å²) in [4.78, 5) is 29.4. The molecule has 1 amide bonds. The molecule has 1 atom stereocenters. The number of ether oxygens (including phenoxy) is 1. The number of benzene rings is 1. The quantitative estimate of drug-likeness (QED) is 0.678. The lowest BCUT2D eigenvalue weighted by Gasteiger charge is -2.12. The van der Waals surface area contributed by atoms with Crippen molar-refractivity contribution in [3.8, 4) is 9.88 Å². The predicted octanol–water partition coefficient (Wildman–Crippen LogP) is 4.19. The fourth-order valence-corrected chi connectivity index (χ4v) is 3.57. The number of carbonyl (C=O) groups excluding carboxylic acids is 2. The number of carbonyl (C=O) groups is 2. The number of nitrogens with zero attached hydrogens (tertiary/aromatic N) is 1. The van der Waals surface area contributed by atoms with Crippen molar-refractivity contribution in [2.45, 2.75) is 13.0 Å². The number of halogens is 1.